The molecule has 1 heterocycles. The Morgan fingerprint density at radius 2 is 1.88 bits per heavy atom. The SMILES string of the molecule is O=C(NCC(c1cccc(Cl)c1)N1CCCC1)c1cccc(F)c1F. The molecule has 0 saturated carbocycles. The van der Waals surface area contributed by atoms with E-state index in [0.717, 1.165) is 37.6 Å². The van der Waals surface area contributed by atoms with Crippen molar-refractivity contribution in [2.75, 3.05) is 19.6 Å². The van der Waals surface area contributed by atoms with E-state index >= 15 is 0 Å². The fourth-order valence-corrected chi connectivity index (χ4v) is 3.39. The summed E-state index contributed by atoms with van der Waals surface area (Å²) >= 11 is 6.10. The third kappa shape index (κ3) is 4.17. The standard InChI is InChI=1S/C19H19ClF2N2O/c20-14-6-3-5-13(11-14)17(24-9-1-2-10-24)12-23-19(25)15-7-4-8-16(21)18(15)22/h3-8,11,17H,1-2,9-10,12H2,(H,23,25). The maximum atomic E-state index is 13.8. The second-order valence-electron chi connectivity index (χ2n) is 6.13. The van der Waals surface area contributed by atoms with Crippen molar-refractivity contribution in [1.82, 2.24) is 10.2 Å². The summed E-state index contributed by atoms with van der Waals surface area (Å²) in [7, 11) is 0. The van der Waals surface area contributed by atoms with Crippen LogP contribution in [0.1, 0.15) is 34.8 Å². The van der Waals surface area contributed by atoms with Crippen LogP contribution < -0.4 is 5.32 Å². The lowest BCUT2D eigenvalue weighted by atomic mass is 10.1. The smallest absolute Gasteiger partial charge is 0.254 e. The van der Waals surface area contributed by atoms with Crippen LogP contribution >= 0.6 is 11.6 Å². The molecule has 25 heavy (non-hydrogen) atoms. The molecule has 1 amide bonds. The van der Waals surface area contributed by atoms with Crippen molar-refractivity contribution in [3.05, 3.63) is 70.2 Å². The monoisotopic (exact) mass is 364 g/mol. The molecule has 1 aliphatic heterocycles. The molecule has 1 fully saturated rings. The van der Waals surface area contributed by atoms with E-state index in [0.29, 0.717) is 11.6 Å². The van der Waals surface area contributed by atoms with Gasteiger partial charge in [-0.15, -0.1) is 0 Å². The average Bonchev–Trinajstić information content (AvgIpc) is 3.12. The maximum Gasteiger partial charge on any atom is 0.254 e. The van der Waals surface area contributed by atoms with Crippen molar-refractivity contribution < 1.29 is 13.6 Å². The number of rotatable bonds is 5. The van der Waals surface area contributed by atoms with Crippen LogP contribution in [-0.4, -0.2) is 30.4 Å². The highest BCUT2D eigenvalue weighted by molar-refractivity contribution is 6.30. The topological polar surface area (TPSA) is 32.3 Å². The van der Waals surface area contributed by atoms with Gasteiger partial charge in [-0.05, 0) is 55.8 Å². The van der Waals surface area contributed by atoms with E-state index in [9.17, 15) is 13.6 Å². The van der Waals surface area contributed by atoms with Crippen LogP contribution in [0.4, 0.5) is 8.78 Å². The average molecular weight is 365 g/mol. The molecule has 0 bridgehead atoms. The van der Waals surface area contributed by atoms with Crippen LogP contribution in [0.5, 0.6) is 0 Å². The van der Waals surface area contributed by atoms with Gasteiger partial charge in [-0.1, -0.05) is 29.8 Å². The second kappa shape index (κ2) is 7.93. The van der Waals surface area contributed by atoms with Crippen LogP contribution in [0.3, 0.4) is 0 Å². The van der Waals surface area contributed by atoms with Crippen LogP contribution in [0.2, 0.25) is 5.02 Å². The van der Waals surface area contributed by atoms with E-state index in [2.05, 4.69) is 10.2 Å². The van der Waals surface area contributed by atoms with Crippen LogP contribution in [0.25, 0.3) is 0 Å². The Kier molecular flexibility index (Phi) is 5.66. The number of likely N-dealkylation sites (tertiary alicyclic amines) is 1. The number of carbonyl (C=O) groups is 1. The first-order chi connectivity index (χ1) is 12.1. The lowest BCUT2D eigenvalue weighted by molar-refractivity contribution is 0.0933. The molecule has 0 aliphatic carbocycles. The van der Waals surface area contributed by atoms with E-state index in [1.807, 2.05) is 18.2 Å². The first-order valence-corrected chi connectivity index (χ1v) is 8.66. The fraction of sp³-hybridized carbons (Fsp3) is 0.316. The molecule has 3 rings (SSSR count). The van der Waals surface area contributed by atoms with Crippen molar-refractivity contribution in [1.29, 1.82) is 0 Å². The molecule has 0 radical (unpaired) electrons. The zero-order valence-corrected chi connectivity index (χ0v) is 14.4. The normalized spacial score (nSPS) is 16.0. The van der Waals surface area contributed by atoms with Gasteiger partial charge in [0.15, 0.2) is 11.6 Å². The minimum Gasteiger partial charge on any atom is -0.350 e. The second-order valence-corrected chi connectivity index (χ2v) is 6.56. The number of nitrogens with zero attached hydrogens (tertiary/aromatic N) is 1. The third-order valence-corrected chi connectivity index (χ3v) is 4.70. The van der Waals surface area contributed by atoms with Crippen molar-refractivity contribution in [3.63, 3.8) is 0 Å². The van der Waals surface area contributed by atoms with E-state index in [1.165, 1.54) is 12.1 Å². The van der Waals surface area contributed by atoms with Crippen molar-refractivity contribution in [2.24, 2.45) is 0 Å². The van der Waals surface area contributed by atoms with E-state index in [4.69, 9.17) is 11.6 Å². The van der Waals surface area contributed by atoms with Gasteiger partial charge in [0, 0.05) is 11.6 Å². The Bertz CT molecular complexity index is 763. The minimum atomic E-state index is -1.12. The summed E-state index contributed by atoms with van der Waals surface area (Å²) in [5.41, 5.74) is 0.709. The molecule has 1 unspecified atom stereocenters. The molecule has 2 aromatic carbocycles. The molecule has 1 saturated heterocycles. The number of amides is 1. The minimum absolute atomic E-state index is 0.0539. The lowest BCUT2D eigenvalue weighted by Gasteiger charge is -2.28. The summed E-state index contributed by atoms with van der Waals surface area (Å²) in [6.07, 6.45) is 2.20. The Labute approximate surface area is 150 Å². The molecule has 1 N–H and O–H groups in total. The van der Waals surface area contributed by atoms with Crippen molar-refractivity contribution in [3.8, 4) is 0 Å². The predicted octanol–water partition coefficient (Wildman–Crippen LogP) is 4.19. The third-order valence-electron chi connectivity index (χ3n) is 4.47. The number of benzene rings is 2. The first-order valence-electron chi connectivity index (χ1n) is 8.28. The van der Waals surface area contributed by atoms with Gasteiger partial charge in [0.2, 0.25) is 0 Å². The number of carbonyl (C=O) groups excluding carboxylic acids is 1. The summed E-state index contributed by atoms with van der Waals surface area (Å²) in [6.45, 7) is 2.16. The molecule has 0 spiro atoms. The molecule has 1 aliphatic rings. The number of hydrogen-bond donors (Lipinski definition) is 1. The van der Waals surface area contributed by atoms with Gasteiger partial charge in [-0.25, -0.2) is 8.78 Å². The van der Waals surface area contributed by atoms with Gasteiger partial charge in [-0.3, -0.25) is 9.69 Å². The molecular formula is C19H19ClF2N2O. The molecule has 0 aromatic heterocycles. The summed E-state index contributed by atoms with van der Waals surface area (Å²) < 4.78 is 27.1. The van der Waals surface area contributed by atoms with Crippen molar-refractivity contribution >= 4 is 17.5 Å². The zero-order chi connectivity index (χ0) is 17.8. The molecule has 3 nitrogen and oxygen atoms in total. The summed E-state index contributed by atoms with van der Waals surface area (Å²) in [4.78, 5) is 14.5. The summed E-state index contributed by atoms with van der Waals surface area (Å²) in [5.74, 6) is -2.78. The first kappa shape index (κ1) is 17.8. The summed E-state index contributed by atoms with van der Waals surface area (Å²) in [5, 5.41) is 3.36. The largest absolute Gasteiger partial charge is 0.350 e. The molecule has 132 valence electrons. The summed E-state index contributed by atoms with van der Waals surface area (Å²) in [6, 6.07) is 11.0. The highest BCUT2D eigenvalue weighted by atomic mass is 35.5. The molecule has 2 aromatic rings. The van der Waals surface area contributed by atoms with Gasteiger partial charge in [0.1, 0.15) is 0 Å². The highest BCUT2D eigenvalue weighted by Gasteiger charge is 2.25. The highest BCUT2D eigenvalue weighted by Crippen LogP contribution is 2.26. The Balaban J connectivity index is 1.76. The predicted molar refractivity (Wildman–Crippen MR) is 93.7 cm³/mol. The Morgan fingerprint density at radius 1 is 1.16 bits per heavy atom. The fourth-order valence-electron chi connectivity index (χ4n) is 3.19. The molecule has 1 atom stereocenters. The van der Waals surface area contributed by atoms with E-state index < -0.39 is 17.5 Å². The lowest BCUT2D eigenvalue weighted by Crippen LogP contribution is -2.37. The van der Waals surface area contributed by atoms with E-state index in [-0.39, 0.29) is 11.6 Å². The van der Waals surface area contributed by atoms with Crippen LogP contribution in [-0.2, 0) is 0 Å². The number of hydrogen-bond acceptors (Lipinski definition) is 2. The van der Waals surface area contributed by atoms with Gasteiger partial charge in [0.25, 0.3) is 5.91 Å². The number of halogens is 3. The quantitative estimate of drug-likeness (QED) is 0.863. The van der Waals surface area contributed by atoms with Crippen LogP contribution in [0.15, 0.2) is 42.5 Å². The van der Waals surface area contributed by atoms with Gasteiger partial charge in [-0.2, -0.15) is 0 Å². The number of nitrogens with one attached hydrogen (secondary N) is 1. The van der Waals surface area contributed by atoms with Gasteiger partial charge in [0.05, 0.1) is 11.6 Å². The zero-order valence-electron chi connectivity index (χ0n) is 13.6. The Morgan fingerprint density at radius 3 is 2.60 bits per heavy atom. The van der Waals surface area contributed by atoms with Gasteiger partial charge < -0.3 is 5.32 Å². The van der Waals surface area contributed by atoms with E-state index in [1.54, 1.807) is 6.07 Å². The van der Waals surface area contributed by atoms with Crippen molar-refractivity contribution in [2.45, 2.75) is 18.9 Å². The maximum absolute atomic E-state index is 13.8. The molecule has 6 heteroatoms. The Hall–Kier alpha value is -1.98. The molecular weight excluding hydrogens is 346 g/mol. The van der Waals surface area contributed by atoms with Crippen LogP contribution in [0, 0.1) is 11.6 Å². The van der Waals surface area contributed by atoms with Gasteiger partial charge >= 0.3 is 0 Å².